The summed E-state index contributed by atoms with van der Waals surface area (Å²) < 4.78 is 7.13. The third-order valence-electron chi connectivity index (χ3n) is 3.75. The number of hydrogen-bond donors (Lipinski definition) is 1. The highest BCUT2D eigenvalue weighted by Gasteiger charge is 2.13. The third-order valence-corrected chi connectivity index (χ3v) is 3.75. The molecule has 0 atom stereocenters. The third kappa shape index (κ3) is 2.95. The summed E-state index contributed by atoms with van der Waals surface area (Å²) in [4.78, 5) is 12.6. The fourth-order valence-corrected chi connectivity index (χ4v) is 2.53. The zero-order valence-corrected chi connectivity index (χ0v) is 13.9. The molecule has 128 valence electrons. The van der Waals surface area contributed by atoms with E-state index in [2.05, 4.69) is 30.6 Å². The Morgan fingerprint density at radius 3 is 2.88 bits per heavy atom. The first-order chi connectivity index (χ1) is 12.9. The number of aromatic nitrogens is 5. The largest absolute Gasteiger partial charge is 0.494 e. The highest BCUT2D eigenvalue weighted by molar-refractivity contribution is 5.88. The van der Waals surface area contributed by atoms with Gasteiger partial charge in [-0.2, -0.15) is 10.2 Å². The number of hydrogen-bond acceptors (Lipinski definition) is 7. The van der Waals surface area contributed by atoms with Gasteiger partial charge in [0.05, 0.1) is 24.9 Å². The van der Waals surface area contributed by atoms with Gasteiger partial charge in [-0.15, -0.1) is 0 Å². The van der Waals surface area contributed by atoms with Gasteiger partial charge in [0.25, 0.3) is 0 Å². The minimum atomic E-state index is 0.566. The van der Waals surface area contributed by atoms with Crippen molar-refractivity contribution in [2.45, 2.75) is 0 Å². The molecule has 0 aliphatic heterocycles. The molecule has 3 aromatic heterocycles. The van der Waals surface area contributed by atoms with Crippen LogP contribution in [0.4, 0.5) is 5.82 Å². The number of nitrogens with one attached hydrogen (secondary N) is 1. The van der Waals surface area contributed by atoms with E-state index >= 15 is 0 Å². The number of ether oxygens (including phenoxy) is 1. The predicted molar refractivity (Wildman–Crippen MR) is 98.7 cm³/mol. The highest BCUT2D eigenvalue weighted by atomic mass is 16.5. The van der Waals surface area contributed by atoms with Gasteiger partial charge in [0, 0.05) is 18.0 Å². The molecule has 4 aromatic rings. The van der Waals surface area contributed by atoms with Gasteiger partial charge in [-0.3, -0.25) is 10.4 Å². The van der Waals surface area contributed by atoms with Crippen LogP contribution in [0.1, 0.15) is 5.56 Å². The molecule has 0 aliphatic carbocycles. The van der Waals surface area contributed by atoms with Crippen molar-refractivity contribution in [3.8, 4) is 11.4 Å². The Balaban J connectivity index is 1.68. The van der Waals surface area contributed by atoms with Crippen LogP contribution in [0, 0.1) is 0 Å². The van der Waals surface area contributed by atoms with Crippen LogP contribution in [-0.2, 0) is 0 Å². The van der Waals surface area contributed by atoms with Crippen molar-refractivity contribution in [1.29, 1.82) is 0 Å². The molecule has 8 nitrogen and oxygen atoms in total. The molecular weight excluding hydrogens is 330 g/mol. The monoisotopic (exact) mass is 345 g/mol. The smallest absolute Gasteiger partial charge is 0.168 e. The quantitative estimate of drug-likeness (QED) is 0.442. The van der Waals surface area contributed by atoms with E-state index in [-0.39, 0.29) is 0 Å². The Kier molecular flexibility index (Phi) is 4.21. The number of para-hydroxylation sites is 2. The summed E-state index contributed by atoms with van der Waals surface area (Å²) >= 11 is 0. The first-order valence-corrected chi connectivity index (χ1v) is 7.88. The van der Waals surface area contributed by atoms with Crippen molar-refractivity contribution < 1.29 is 4.74 Å². The molecule has 1 N–H and O–H groups in total. The maximum atomic E-state index is 5.41. The fourth-order valence-electron chi connectivity index (χ4n) is 2.53. The van der Waals surface area contributed by atoms with Gasteiger partial charge < -0.3 is 4.74 Å². The van der Waals surface area contributed by atoms with E-state index in [1.165, 1.54) is 6.33 Å². The Labute approximate surface area is 149 Å². The second kappa shape index (κ2) is 6.98. The average Bonchev–Trinajstić information content (AvgIpc) is 3.13. The normalized spacial score (nSPS) is 11.1. The van der Waals surface area contributed by atoms with E-state index in [9.17, 15) is 0 Å². The zero-order valence-electron chi connectivity index (χ0n) is 13.9. The molecule has 8 heteroatoms. The van der Waals surface area contributed by atoms with Crippen molar-refractivity contribution in [1.82, 2.24) is 24.7 Å². The van der Waals surface area contributed by atoms with Gasteiger partial charge in [-0.05, 0) is 18.2 Å². The molecule has 3 heterocycles. The number of nitrogens with zero attached hydrogens (tertiary/aromatic N) is 6. The van der Waals surface area contributed by atoms with Crippen LogP contribution in [0.5, 0.6) is 5.75 Å². The maximum absolute atomic E-state index is 5.41. The van der Waals surface area contributed by atoms with Crippen LogP contribution in [0.3, 0.4) is 0 Å². The Bertz CT molecular complexity index is 1060. The Morgan fingerprint density at radius 2 is 2.04 bits per heavy atom. The van der Waals surface area contributed by atoms with Gasteiger partial charge in [-0.25, -0.2) is 14.6 Å². The van der Waals surface area contributed by atoms with E-state index < -0.39 is 0 Å². The van der Waals surface area contributed by atoms with E-state index in [1.807, 2.05) is 36.4 Å². The van der Waals surface area contributed by atoms with Gasteiger partial charge in [0.1, 0.15) is 17.8 Å². The van der Waals surface area contributed by atoms with Crippen LogP contribution in [0.25, 0.3) is 16.7 Å². The lowest BCUT2D eigenvalue weighted by atomic mass is 10.3. The molecule has 4 rings (SSSR count). The van der Waals surface area contributed by atoms with Crippen molar-refractivity contribution >= 4 is 23.1 Å². The molecule has 26 heavy (non-hydrogen) atoms. The average molecular weight is 345 g/mol. The van der Waals surface area contributed by atoms with E-state index in [0.29, 0.717) is 17.2 Å². The Morgan fingerprint density at radius 1 is 1.12 bits per heavy atom. The number of pyridine rings is 1. The Hall–Kier alpha value is -3.81. The maximum Gasteiger partial charge on any atom is 0.168 e. The second-order valence-electron chi connectivity index (χ2n) is 5.34. The number of methoxy groups -OCH3 is 1. The van der Waals surface area contributed by atoms with Crippen LogP contribution in [-0.4, -0.2) is 38.1 Å². The van der Waals surface area contributed by atoms with Gasteiger partial charge >= 0.3 is 0 Å². The van der Waals surface area contributed by atoms with Crippen LogP contribution >= 0.6 is 0 Å². The predicted octanol–water partition coefficient (Wildman–Crippen LogP) is 2.67. The summed E-state index contributed by atoms with van der Waals surface area (Å²) in [5, 5.41) is 9.40. The molecule has 0 saturated carbocycles. The molecule has 0 fully saturated rings. The molecule has 0 amide bonds. The van der Waals surface area contributed by atoms with Gasteiger partial charge in [-0.1, -0.05) is 18.2 Å². The molecule has 0 unspecified atom stereocenters. The van der Waals surface area contributed by atoms with Crippen LogP contribution in [0.2, 0.25) is 0 Å². The summed E-state index contributed by atoms with van der Waals surface area (Å²) in [6, 6.07) is 11.4. The summed E-state index contributed by atoms with van der Waals surface area (Å²) in [6.07, 6.45) is 8.28. The molecule has 0 aliphatic rings. The number of benzene rings is 1. The van der Waals surface area contributed by atoms with E-state index in [4.69, 9.17) is 4.74 Å². The summed E-state index contributed by atoms with van der Waals surface area (Å²) in [6.45, 7) is 0. The molecule has 1 aromatic carbocycles. The van der Waals surface area contributed by atoms with Crippen molar-refractivity contribution in [2.24, 2.45) is 5.10 Å². The molecule has 0 bridgehead atoms. The van der Waals surface area contributed by atoms with Gasteiger partial charge in [0.15, 0.2) is 11.5 Å². The highest BCUT2D eigenvalue weighted by Crippen LogP contribution is 2.26. The summed E-state index contributed by atoms with van der Waals surface area (Å²) in [7, 11) is 1.62. The number of hydrazone groups is 1. The molecule has 0 saturated heterocycles. The number of rotatable bonds is 5. The zero-order chi connectivity index (χ0) is 17.8. The summed E-state index contributed by atoms with van der Waals surface area (Å²) in [5.41, 5.74) is 5.28. The lowest BCUT2D eigenvalue weighted by Crippen LogP contribution is -2.01. The van der Waals surface area contributed by atoms with Gasteiger partial charge in [0.2, 0.25) is 0 Å². The van der Waals surface area contributed by atoms with Crippen molar-refractivity contribution in [3.63, 3.8) is 0 Å². The number of anilines is 1. The first-order valence-electron chi connectivity index (χ1n) is 7.88. The first kappa shape index (κ1) is 15.7. The molecule has 0 spiro atoms. The standard InChI is InChI=1S/C18H15N7O/c1-26-16-7-3-2-6-15(16)25-18-14(11-23-25)17(20-12-21-18)24-22-10-13-5-4-8-19-9-13/h2-12H,1H3,(H,20,21,24). The topological polar surface area (TPSA) is 90.1 Å². The van der Waals surface area contributed by atoms with Crippen molar-refractivity contribution in [2.75, 3.05) is 12.5 Å². The fraction of sp³-hybridized carbons (Fsp3) is 0.0556. The lowest BCUT2D eigenvalue weighted by molar-refractivity contribution is 0.412. The van der Waals surface area contributed by atoms with Crippen LogP contribution < -0.4 is 10.2 Å². The molecular formula is C18H15N7O. The molecule has 0 radical (unpaired) electrons. The van der Waals surface area contributed by atoms with E-state index in [1.54, 1.807) is 36.6 Å². The number of fused-ring (bicyclic) bond motifs is 1. The van der Waals surface area contributed by atoms with Crippen LogP contribution in [0.15, 0.2) is 66.4 Å². The van der Waals surface area contributed by atoms with E-state index in [0.717, 1.165) is 16.6 Å². The minimum Gasteiger partial charge on any atom is -0.494 e. The van der Waals surface area contributed by atoms with Crippen molar-refractivity contribution in [3.05, 3.63) is 66.9 Å². The lowest BCUT2D eigenvalue weighted by Gasteiger charge is -2.08. The SMILES string of the molecule is COc1ccccc1-n1ncc2c(NN=Cc3cccnc3)ncnc21. The summed E-state index contributed by atoms with van der Waals surface area (Å²) in [5.74, 6) is 1.27. The second-order valence-corrected chi connectivity index (χ2v) is 5.34. The minimum absolute atomic E-state index is 0.566.